The molecule has 0 aliphatic heterocycles. The summed E-state index contributed by atoms with van der Waals surface area (Å²) in [6.45, 7) is 3.56. The number of aromatic amines is 1. The summed E-state index contributed by atoms with van der Waals surface area (Å²) >= 11 is 0. The SMILES string of the molecule is CC(C)S(=O)(=O)CC1CCC(CCc2cc(-c3ccco3)n[nH]2)CC1. The standard InChI is InChI=1S/C19H28N2O3S/c1-14(2)25(22,23)13-16-7-5-15(6-8-16)9-10-17-12-18(21-20-17)19-4-3-11-24-19/h3-4,11-12,14-16H,5-10,13H2,1-2H3,(H,20,21). The summed E-state index contributed by atoms with van der Waals surface area (Å²) in [5.41, 5.74) is 1.98. The van der Waals surface area contributed by atoms with Crippen molar-refractivity contribution in [1.29, 1.82) is 0 Å². The predicted molar refractivity (Wildman–Crippen MR) is 99.0 cm³/mol. The smallest absolute Gasteiger partial charge is 0.154 e. The number of furan rings is 1. The summed E-state index contributed by atoms with van der Waals surface area (Å²) in [4.78, 5) is 0. The van der Waals surface area contributed by atoms with Crippen molar-refractivity contribution in [2.45, 2.75) is 57.6 Å². The van der Waals surface area contributed by atoms with Gasteiger partial charge in [-0.3, -0.25) is 5.10 Å². The Balaban J connectivity index is 1.44. The van der Waals surface area contributed by atoms with Crippen molar-refractivity contribution in [3.8, 4) is 11.5 Å². The van der Waals surface area contributed by atoms with Gasteiger partial charge in [-0.1, -0.05) is 12.8 Å². The molecule has 3 rings (SSSR count). The number of aromatic nitrogens is 2. The zero-order valence-electron chi connectivity index (χ0n) is 15.1. The van der Waals surface area contributed by atoms with Crippen molar-refractivity contribution in [1.82, 2.24) is 10.2 Å². The van der Waals surface area contributed by atoms with Crippen molar-refractivity contribution in [2.75, 3.05) is 5.75 Å². The first-order valence-corrected chi connectivity index (χ1v) is 11.0. The van der Waals surface area contributed by atoms with Crippen molar-refractivity contribution in [3.63, 3.8) is 0 Å². The largest absolute Gasteiger partial charge is 0.463 e. The van der Waals surface area contributed by atoms with Crippen LogP contribution in [0.5, 0.6) is 0 Å². The molecule has 25 heavy (non-hydrogen) atoms. The quantitative estimate of drug-likeness (QED) is 0.797. The van der Waals surface area contributed by atoms with Crippen LogP contribution in [0.4, 0.5) is 0 Å². The summed E-state index contributed by atoms with van der Waals surface area (Å²) in [6, 6.07) is 5.83. The second-order valence-electron chi connectivity index (χ2n) is 7.56. The highest BCUT2D eigenvalue weighted by atomic mass is 32.2. The second-order valence-corrected chi connectivity index (χ2v) is 10.2. The molecule has 1 N–H and O–H groups in total. The van der Waals surface area contributed by atoms with E-state index in [9.17, 15) is 8.42 Å². The fourth-order valence-corrected chi connectivity index (χ4v) is 4.98. The normalized spacial score (nSPS) is 21.7. The minimum absolute atomic E-state index is 0.256. The molecule has 0 aromatic carbocycles. The molecule has 5 nitrogen and oxygen atoms in total. The number of hydrogen-bond donors (Lipinski definition) is 1. The van der Waals surface area contributed by atoms with Gasteiger partial charge in [0.25, 0.3) is 0 Å². The highest BCUT2D eigenvalue weighted by Gasteiger charge is 2.27. The fourth-order valence-electron chi connectivity index (χ4n) is 3.61. The second kappa shape index (κ2) is 7.77. The van der Waals surface area contributed by atoms with E-state index in [4.69, 9.17) is 4.42 Å². The first kappa shape index (κ1) is 18.2. The van der Waals surface area contributed by atoms with E-state index >= 15 is 0 Å². The van der Waals surface area contributed by atoms with Crippen LogP contribution in [0.25, 0.3) is 11.5 Å². The third-order valence-corrected chi connectivity index (χ3v) is 7.75. The first-order chi connectivity index (χ1) is 11.9. The van der Waals surface area contributed by atoms with E-state index in [1.165, 1.54) is 0 Å². The number of aryl methyl sites for hydroxylation is 1. The molecule has 0 bridgehead atoms. The van der Waals surface area contributed by atoms with E-state index < -0.39 is 9.84 Å². The number of H-pyrrole nitrogens is 1. The molecule has 1 saturated carbocycles. The number of nitrogens with zero attached hydrogens (tertiary/aromatic N) is 1. The Kier molecular flexibility index (Phi) is 5.67. The molecule has 2 aromatic heterocycles. The van der Waals surface area contributed by atoms with Crippen LogP contribution in [0.2, 0.25) is 0 Å². The average molecular weight is 365 g/mol. The maximum absolute atomic E-state index is 12.1. The van der Waals surface area contributed by atoms with Gasteiger partial charge >= 0.3 is 0 Å². The Labute approximate surface area is 150 Å². The van der Waals surface area contributed by atoms with E-state index in [1.807, 2.05) is 12.1 Å². The van der Waals surface area contributed by atoms with Crippen molar-refractivity contribution in [3.05, 3.63) is 30.2 Å². The Morgan fingerprint density at radius 2 is 1.96 bits per heavy atom. The van der Waals surface area contributed by atoms with E-state index in [0.29, 0.717) is 17.6 Å². The maximum atomic E-state index is 12.1. The van der Waals surface area contributed by atoms with Crippen LogP contribution in [0.3, 0.4) is 0 Å². The molecule has 0 spiro atoms. The Bertz CT molecular complexity index is 754. The minimum atomic E-state index is -2.91. The zero-order chi connectivity index (χ0) is 17.9. The lowest BCUT2D eigenvalue weighted by atomic mass is 9.80. The van der Waals surface area contributed by atoms with E-state index in [0.717, 1.165) is 55.7 Å². The number of hydrogen-bond acceptors (Lipinski definition) is 4. The molecule has 2 aromatic rings. The molecular weight excluding hydrogens is 336 g/mol. The first-order valence-electron chi connectivity index (χ1n) is 9.24. The summed E-state index contributed by atoms with van der Waals surface area (Å²) in [6.07, 6.45) is 8.11. The topological polar surface area (TPSA) is 76.0 Å². The van der Waals surface area contributed by atoms with Gasteiger partial charge in [-0.05, 0) is 69.6 Å². The zero-order valence-corrected chi connectivity index (χ0v) is 15.9. The van der Waals surface area contributed by atoms with Gasteiger partial charge in [-0.2, -0.15) is 5.10 Å². The highest BCUT2D eigenvalue weighted by Crippen LogP contribution is 2.33. The Morgan fingerprint density at radius 3 is 2.60 bits per heavy atom. The summed E-state index contributed by atoms with van der Waals surface area (Å²) in [7, 11) is -2.91. The lowest BCUT2D eigenvalue weighted by molar-refractivity contribution is 0.278. The van der Waals surface area contributed by atoms with Gasteiger partial charge in [-0.25, -0.2) is 8.42 Å². The molecule has 6 heteroatoms. The van der Waals surface area contributed by atoms with Gasteiger partial charge in [0, 0.05) is 5.69 Å². The number of rotatable bonds is 7. The molecule has 1 fully saturated rings. The molecule has 1 aliphatic rings. The van der Waals surface area contributed by atoms with Crippen molar-refractivity contribution >= 4 is 9.84 Å². The van der Waals surface area contributed by atoms with Gasteiger partial charge in [0.1, 0.15) is 5.69 Å². The Hall–Kier alpha value is -1.56. The van der Waals surface area contributed by atoms with Crippen LogP contribution in [-0.2, 0) is 16.3 Å². The van der Waals surface area contributed by atoms with Crippen LogP contribution in [-0.4, -0.2) is 29.6 Å². The molecule has 0 atom stereocenters. The summed E-state index contributed by atoms with van der Waals surface area (Å²) in [5.74, 6) is 2.19. The highest BCUT2D eigenvalue weighted by molar-refractivity contribution is 7.91. The predicted octanol–water partition coefficient (Wildman–Crippen LogP) is 4.23. The maximum Gasteiger partial charge on any atom is 0.154 e. The van der Waals surface area contributed by atoms with Gasteiger partial charge in [0.05, 0.1) is 17.3 Å². The fraction of sp³-hybridized carbons (Fsp3) is 0.632. The van der Waals surface area contributed by atoms with Gasteiger partial charge in [0.15, 0.2) is 15.6 Å². The monoisotopic (exact) mass is 364 g/mol. The van der Waals surface area contributed by atoms with Gasteiger partial charge < -0.3 is 4.42 Å². The summed E-state index contributed by atoms with van der Waals surface area (Å²) < 4.78 is 29.5. The van der Waals surface area contributed by atoms with E-state index in [2.05, 4.69) is 16.3 Å². The van der Waals surface area contributed by atoms with Crippen LogP contribution in [0.15, 0.2) is 28.9 Å². The molecule has 0 radical (unpaired) electrons. The molecule has 138 valence electrons. The molecule has 0 unspecified atom stereocenters. The minimum Gasteiger partial charge on any atom is -0.463 e. The van der Waals surface area contributed by atoms with Crippen LogP contribution in [0, 0.1) is 11.8 Å². The van der Waals surface area contributed by atoms with Crippen LogP contribution >= 0.6 is 0 Å². The van der Waals surface area contributed by atoms with E-state index in [-0.39, 0.29) is 5.25 Å². The van der Waals surface area contributed by atoms with Gasteiger partial charge in [0.2, 0.25) is 0 Å². The lowest BCUT2D eigenvalue weighted by Gasteiger charge is -2.28. The van der Waals surface area contributed by atoms with E-state index in [1.54, 1.807) is 20.1 Å². The van der Waals surface area contributed by atoms with Gasteiger partial charge in [-0.15, -0.1) is 0 Å². The van der Waals surface area contributed by atoms with Crippen molar-refractivity contribution < 1.29 is 12.8 Å². The Morgan fingerprint density at radius 1 is 1.24 bits per heavy atom. The molecule has 2 heterocycles. The molecule has 0 saturated heterocycles. The molecule has 1 aliphatic carbocycles. The number of nitrogens with one attached hydrogen (secondary N) is 1. The van der Waals surface area contributed by atoms with Crippen molar-refractivity contribution in [2.24, 2.45) is 11.8 Å². The average Bonchev–Trinajstić information content (AvgIpc) is 3.25. The third kappa shape index (κ3) is 4.75. The molecular formula is C19H28N2O3S. The van der Waals surface area contributed by atoms with Crippen LogP contribution in [0.1, 0.15) is 51.6 Å². The van der Waals surface area contributed by atoms with Crippen LogP contribution < -0.4 is 0 Å². The lowest BCUT2D eigenvalue weighted by Crippen LogP contribution is -2.26. The summed E-state index contributed by atoms with van der Waals surface area (Å²) in [5, 5.41) is 7.15. The molecule has 0 amide bonds. The third-order valence-electron chi connectivity index (χ3n) is 5.38. The number of sulfone groups is 1.